The highest BCUT2D eigenvalue weighted by atomic mass is 35.5. The Labute approximate surface area is 170 Å². The monoisotopic (exact) mass is 393 g/mol. The lowest BCUT2D eigenvalue weighted by Crippen LogP contribution is -2.35. The second-order valence-electron chi connectivity index (χ2n) is 7.60. The molecule has 1 aromatic heterocycles. The second kappa shape index (κ2) is 7.44. The first-order valence-electron chi connectivity index (χ1n) is 9.65. The minimum Gasteiger partial charge on any atom is -0.355 e. The van der Waals surface area contributed by atoms with Crippen molar-refractivity contribution in [2.45, 2.75) is 38.5 Å². The summed E-state index contributed by atoms with van der Waals surface area (Å²) >= 11 is 6.10. The molecule has 1 saturated carbocycles. The van der Waals surface area contributed by atoms with Gasteiger partial charge in [-0.05, 0) is 74.6 Å². The number of rotatable bonds is 6. The lowest BCUT2D eigenvalue weighted by molar-refractivity contribution is -0.123. The van der Waals surface area contributed by atoms with E-state index in [0.717, 1.165) is 41.9 Å². The van der Waals surface area contributed by atoms with Crippen LogP contribution in [-0.2, 0) is 16.6 Å². The van der Waals surface area contributed by atoms with Crippen molar-refractivity contribution in [3.63, 3.8) is 0 Å². The number of carbonyl (C=O) groups is 1. The van der Waals surface area contributed by atoms with Crippen molar-refractivity contribution in [3.8, 4) is 5.69 Å². The Kier molecular flexibility index (Phi) is 4.98. The van der Waals surface area contributed by atoms with Crippen LogP contribution in [0.5, 0.6) is 0 Å². The quantitative estimate of drug-likeness (QED) is 0.668. The van der Waals surface area contributed by atoms with E-state index in [9.17, 15) is 4.79 Å². The summed E-state index contributed by atoms with van der Waals surface area (Å²) in [5.41, 5.74) is 5.01. The molecule has 0 spiro atoms. The summed E-state index contributed by atoms with van der Waals surface area (Å²) in [6, 6.07) is 18.1. The molecule has 1 aliphatic carbocycles. The zero-order valence-electron chi connectivity index (χ0n) is 16.2. The molecule has 1 aliphatic rings. The summed E-state index contributed by atoms with van der Waals surface area (Å²) in [4.78, 5) is 12.7. The normalized spacial score (nSPS) is 14.7. The van der Waals surface area contributed by atoms with Crippen molar-refractivity contribution in [2.24, 2.45) is 0 Å². The third kappa shape index (κ3) is 3.69. The maximum atomic E-state index is 12.7. The van der Waals surface area contributed by atoms with E-state index in [4.69, 9.17) is 11.6 Å². The molecule has 0 bridgehead atoms. The van der Waals surface area contributed by atoms with Gasteiger partial charge < -0.3 is 5.32 Å². The number of nitrogens with zero attached hydrogens (tertiary/aromatic N) is 2. The summed E-state index contributed by atoms with van der Waals surface area (Å²) in [7, 11) is 0. The summed E-state index contributed by atoms with van der Waals surface area (Å²) in [5.74, 6) is 0.106. The molecule has 1 amide bonds. The van der Waals surface area contributed by atoms with Crippen LogP contribution in [0.15, 0.2) is 54.6 Å². The zero-order valence-corrected chi connectivity index (χ0v) is 17.0. The Hall–Kier alpha value is -2.59. The Bertz CT molecular complexity index is 1000. The SMILES string of the molecule is Cc1cc(C)n(-c2ccc(CCNC(=O)C3(c4cccc(Cl)c4)CC3)cc2)n1. The average Bonchev–Trinajstić information content (AvgIpc) is 3.42. The molecule has 0 saturated heterocycles. The number of halogens is 1. The third-order valence-corrected chi connectivity index (χ3v) is 5.69. The smallest absolute Gasteiger partial charge is 0.230 e. The van der Waals surface area contributed by atoms with E-state index in [1.165, 1.54) is 5.56 Å². The maximum Gasteiger partial charge on any atom is 0.230 e. The number of hydrogen-bond donors (Lipinski definition) is 1. The van der Waals surface area contributed by atoms with Crippen LogP contribution in [-0.4, -0.2) is 22.2 Å². The molecule has 5 heteroatoms. The van der Waals surface area contributed by atoms with Gasteiger partial charge in [0.2, 0.25) is 5.91 Å². The summed E-state index contributed by atoms with van der Waals surface area (Å²) in [6.45, 7) is 4.67. The Balaban J connectivity index is 1.35. The van der Waals surface area contributed by atoms with Crippen LogP contribution in [0.1, 0.15) is 35.4 Å². The predicted molar refractivity (Wildman–Crippen MR) is 112 cm³/mol. The molecule has 4 nitrogen and oxygen atoms in total. The van der Waals surface area contributed by atoms with E-state index in [-0.39, 0.29) is 11.3 Å². The molecule has 0 atom stereocenters. The van der Waals surface area contributed by atoms with Gasteiger partial charge in [0, 0.05) is 17.3 Å². The molecule has 28 heavy (non-hydrogen) atoms. The maximum absolute atomic E-state index is 12.7. The lowest BCUT2D eigenvalue weighted by atomic mass is 9.95. The van der Waals surface area contributed by atoms with E-state index >= 15 is 0 Å². The first-order chi connectivity index (χ1) is 13.5. The van der Waals surface area contributed by atoms with Crippen molar-refractivity contribution >= 4 is 17.5 Å². The number of hydrogen-bond acceptors (Lipinski definition) is 2. The van der Waals surface area contributed by atoms with Crippen LogP contribution < -0.4 is 5.32 Å². The molecule has 3 aromatic rings. The summed E-state index contributed by atoms with van der Waals surface area (Å²) in [6.07, 6.45) is 2.57. The fourth-order valence-corrected chi connectivity index (χ4v) is 3.93. The van der Waals surface area contributed by atoms with Crippen molar-refractivity contribution in [1.29, 1.82) is 0 Å². The molecule has 1 fully saturated rings. The minimum absolute atomic E-state index is 0.106. The Morgan fingerprint density at radius 1 is 1.14 bits per heavy atom. The number of aryl methyl sites for hydroxylation is 2. The van der Waals surface area contributed by atoms with Crippen LogP contribution in [0.25, 0.3) is 5.69 Å². The number of nitrogens with one attached hydrogen (secondary N) is 1. The molecule has 4 rings (SSSR count). The van der Waals surface area contributed by atoms with E-state index in [2.05, 4.69) is 47.7 Å². The van der Waals surface area contributed by atoms with Crippen LogP contribution in [0.3, 0.4) is 0 Å². The highest BCUT2D eigenvalue weighted by Crippen LogP contribution is 2.48. The first-order valence-corrected chi connectivity index (χ1v) is 10.0. The van der Waals surface area contributed by atoms with Crippen molar-refractivity contribution in [1.82, 2.24) is 15.1 Å². The molecular weight excluding hydrogens is 370 g/mol. The number of amides is 1. The lowest BCUT2D eigenvalue weighted by Gasteiger charge is -2.16. The minimum atomic E-state index is -0.385. The second-order valence-corrected chi connectivity index (χ2v) is 8.04. The molecule has 0 radical (unpaired) electrons. The standard InChI is InChI=1S/C23H24ClN3O/c1-16-14-17(2)27(26-16)21-8-6-18(7-9-21)10-13-25-22(28)23(11-12-23)19-4-3-5-20(24)15-19/h3-9,14-15H,10-13H2,1-2H3,(H,25,28). The van der Waals surface area contributed by atoms with Gasteiger partial charge in [-0.2, -0.15) is 5.10 Å². The van der Waals surface area contributed by atoms with Gasteiger partial charge in [0.05, 0.1) is 16.8 Å². The van der Waals surface area contributed by atoms with Gasteiger partial charge in [0.25, 0.3) is 0 Å². The van der Waals surface area contributed by atoms with Crippen LogP contribution >= 0.6 is 11.6 Å². The molecular formula is C23H24ClN3O. The van der Waals surface area contributed by atoms with E-state index < -0.39 is 0 Å². The van der Waals surface area contributed by atoms with Crippen LogP contribution in [0.4, 0.5) is 0 Å². The number of benzene rings is 2. The predicted octanol–water partition coefficient (Wildman–Crippen LogP) is 4.53. The van der Waals surface area contributed by atoms with E-state index in [0.29, 0.717) is 11.6 Å². The Morgan fingerprint density at radius 2 is 1.89 bits per heavy atom. The van der Waals surface area contributed by atoms with E-state index in [1.54, 1.807) is 0 Å². The number of aromatic nitrogens is 2. The van der Waals surface area contributed by atoms with Gasteiger partial charge in [-0.1, -0.05) is 35.9 Å². The zero-order chi connectivity index (χ0) is 19.7. The fourth-order valence-electron chi connectivity index (χ4n) is 3.74. The largest absolute Gasteiger partial charge is 0.355 e. The fraction of sp³-hybridized carbons (Fsp3) is 0.304. The molecule has 2 aromatic carbocycles. The van der Waals surface area contributed by atoms with Gasteiger partial charge >= 0.3 is 0 Å². The van der Waals surface area contributed by atoms with E-state index in [1.807, 2.05) is 35.9 Å². The highest BCUT2D eigenvalue weighted by Gasteiger charge is 2.51. The summed E-state index contributed by atoms with van der Waals surface area (Å²) < 4.78 is 1.95. The van der Waals surface area contributed by atoms with Crippen LogP contribution in [0.2, 0.25) is 5.02 Å². The van der Waals surface area contributed by atoms with Crippen molar-refractivity contribution in [3.05, 3.63) is 82.1 Å². The van der Waals surface area contributed by atoms with Crippen LogP contribution in [0, 0.1) is 13.8 Å². The van der Waals surface area contributed by atoms with Gasteiger partial charge in [0.1, 0.15) is 0 Å². The highest BCUT2D eigenvalue weighted by molar-refractivity contribution is 6.30. The van der Waals surface area contributed by atoms with Crippen molar-refractivity contribution in [2.75, 3.05) is 6.54 Å². The first kappa shape index (κ1) is 18.8. The molecule has 0 aliphatic heterocycles. The van der Waals surface area contributed by atoms with Gasteiger partial charge in [0.15, 0.2) is 0 Å². The molecule has 1 heterocycles. The molecule has 0 unspecified atom stereocenters. The third-order valence-electron chi connectivity index (χ3n) is 5.45. The number of carbonyl (C=O) groups excluding carboxylic acids is 1. The Morgan fingerprint density at radius 3 is 2.50 bits per heavy atom. The average molecular weight is 394 g/mol. The van der Waals surface area contributed by atoms with Crippen molar-refractivity contribution < 1.29 is 4.79 Å². The van der Waals surface area contributed by atoms with Gasteiger partial charge in [-0.3, -0.25) is 4.79 Å². The topological polar surface area (TPSA) is 46.9 Å². The molecule has 1 N–H and O–H groups in total. The molecule has 144 valence electrons. The van der Waals surface area contributed by atoms with Gasteiger partial charge in [-0.15, -0.1) is 0 Å². The van der Waals surface area contributed by atoms with Gasteiger partial charge in [-0.25, -0.2) is 4.68 Å². The summed E-state index contributed by atoms with van der Waals surface area (Å²) in [5, 5.41) is 8.31.